The highest BCUT2D eigenvalue weighted by atomic mass is 19.4. The minimum atomic E-state index is -4.66. The summed E-state index contributed by atoms with van der Waals surface area (Å²) in [4.78, 5) is 1.60. The molecule has 0 aliphatic carbocycles. The zero-order valence-corrected chi connectivity index (χ0v) is 9.43. The lowest BCUT2D eigenvalue weighted by molar-refractivity contribution is -0.274. The molecule has 1 aromatic rings. The molecular formula is C11H14F3NO. The number of benzene rings is 1. The van der Waals surface area contributed by atoms with Crippen molar-refractivity contribution >= 4 is 5.69 Å². The van der Waals surface area contributed by atoms with E-state index in [1.165, 1.54) is 0 Å². The zero-order valence-electron chi connectivity index (χ0n) is 9.43. The lowest BCUT2D eigenvalue weighted by Crippen LogP contribution is -2.21. The van der Waals surface area contributed by atoms with Crippen molar-refractivity contribution in [3.05, 3.63) is 23.8 Å². The Morgan fingerprint density at radius 2 is 1.88 bits per heavy atom. The van der Waals surface area contributed by atoms with Gasteiger partial charge in [-0.05, 0) is 18.1 Å². The summed E-state index contributed by atoms with van der Waals surface area (Å²) < 4.78 is 40.9. The fraction of sp³-hybridized carbons (Fsp3) is 0.455. The Kier molecular flexibility index (Phi) is 3.67. The van der Waals surface area contributed by atoms with Gasteiger partial charge in [0.25, 0.3) is 0 Å². The van der Waals surface area contributed by atoms with Gasteiger partial charge < -0.3 is 9.64 Å². The Balaban J connectivity index is 3.20. The third-order valence-electron chi connectivity index (χ3n) is 2.16. The first-order valence-electron chi connectivity index (χ1n) is 4.90. The van der Waals surface area contributed by atoms with Crippen LogP contribution in [0.15, 0.2) is 18.2 Å². The van der Waals surface area contributed by atoms with Gasteiger partial charge >= 0.3 is 6.36 Å². The monoisotopic (exact) mass is 233 g/mol. The Hall–Kier alpha value is -1.39. The molecule has 2 nitrogen and oxygen atoms in total. The minimum Gasteiger partial charge on any atom is -0.403 e. The van der Waals surface area contributed by atoms with Crippen LogP contribution in [0.4, 0.5) is 18.9 Å². The van der Waals surface area contributed by atoms with E-state index in [4.69, 9.17) is 0 Å². The van der Waals surface area contributed by atoms with Crippen LogP contribution in [-0.4, -0.2) is 20.5 Å². The van der Waals surface area contributed by atoms with E-state index in [0.717, 1.165) is 0 Å². The second-order valence-corrected chi connectivity index (χ2v) is 3.56. The molecule has 0 amide bonds. The Labute approximate surface area is 92.6 Å². The number of ether oxygens (including phenoxy) is 1. The van der Waals surface area contributed by atoms with E-state index in [0.29, 0.717) is 17.7 Å². The van der Waals surface area contributed by atoms with Gasteiger partial charge in [0.2, 0.25) is 0 Å². The third-order valence-corrected chi connectivity index (χ3v) is 2.16. The summed E-state index contributed by atoms with van der Waals surface area (Å²) in [7, 11) is 3.36. The van der Waals surface area contributed by atoms with Crippen molar-refractivity contribution in [3.63, 3.8) is 0 Å². The minimum absolute atomic E-state index is 0.109. The van der Waals surface area contributed by atoms with Gasteiger partial charge in [-0.3, -0.25) is 0 Å². The van der Waals surface area contributed by atoms with Crippen LogP contribution >= 0.6 is 0 Å². The molecule has 0 aliphatic rings. The van der Waals surface area contributed by atoms with Gasteiger partial charge in [0.1, 0.15) is 0 Å². The first-order chi connectivity index (χ1) is 7.35. The fourth-order valence-electron chi connectivity index (χ4n) is 1.44. The number of halogens is 3. The molecule has 0 N–H and O–H groups in total. The summed E-state index contributed by atoms with van der Waals surface area (Å²) >= 11 is 0. The lowest BCUT2D eigenvalue weighted by Gasteiger charge is -2.21. The predicted molar refractivity (Wildman–Crippen MR) is 56.8 cm³/mol. The van der Waals surface area contributed by atoms with E-state index in [1.807, 2.05) is 0 Å². The van der Waals surface area contributed by atoms with E-state index in [9.17, 15) is 13.2 Å². The molecule has 0 fully saturated rings. The van der Waals surface area contributed by atoms with E-state index in [1.54, 1.807) is 44.1 Å². The molecule has 0 heterocycles. The third kappa shape index (κ3) is 3.05. The van der Waals surface area contributed by atoms with Crippen LogP contribution in [0.25, 0.3) is 0 Å². The van der Waals surface area contributed by atoms with Crippen molar-refractivity contribution in [3.8, 4) is 5.75 Å². The Bertz CT molecular complexity index is 361. The smallest absolute Gasteiger partial charge is 0.403 e. The highest BCUT2D eigenvalue weighted by molar-refractivity contribution is 5.61. The number of hydrogen-bond acceptors (Lipinski definition) is 2. The summed E-state index contributed by atoms with van der Waals surface area (Å²) in [5.74, 6) is -0.109. The summed E-state index contributed by atoms with van der Waals surface area (Å²) in [5.41, 5.74) is 0.972. The highest BCUT2D eigenvalue weighted by Crippen LogP contribution is 2.35. The van der Waals surface area contributed by atoms with E-state index < -0.39 is 6.36 Å². The van der Waals surface area contributed by atoms with E-state index >= 15 is 0 Å². The van der Waals surface area contributed by atoms with Gasteiger partial charge in [0, 0.05) is 14.1 Å². The number of anilines is 1. The van der Waals surface area contributed by atoms with Crippen LogP contribution in [0.2, 0.25) is 0 Å². The molecule has 0 saturated carbocycles. The van der Waals surface area contributed by atoms with Crippen LogP contribution in [-0.2, 0) is 6.42 Å². The van der Waals surface area contributed by atoms with Crippen LogP contribution in [0, 0.1) is 0 Å². The molecule has 90 valence electrons. The standard InChI is InChI=1S/C11H14F3NO/c1-4-8-6-5-7-9(15(2)3)10(8)16-11(12,13)14/h5-7H,4H2,1-3H3. The van der Waals surface area contributed by atoms with Crippen molar-refractivity contribution in [2.24, 2.45) is 0 Å². The van der Waals surface area contributed by atoms with Gasteiger partial charge in [0.05, 0.1) is 5.69 Å². The van der Waals surface area contributed by atoms with Gasteiger partial charge in [-0.25, -0.2) is 0 Å². The predicted octanol–water partition coefficient (Wildman–Crippen LogP) is 3.21. The molecule has 0 atom stereocenters. The molecule has 1 aromatic carbocycles. The van der Waals surface area contributed by atoms with Crippen LogP contribution < -0.4 is 9.64 Å². The van der Waals surface area contributed by atoms with Crippen molar-refractivity contribution in [1.29, 1.82) is 0 Å². The average molecular weight is 233 g/mol. The summed E-state index contributed by atoms with van der Waals surface area (Å²) in [6.45, 7) is 1.79. The first-order valence-corrected chi connectivity index (χ1v) is 4.90. The number of rotatable bonds is 3. The fourth-order valence-corrected chi connectivity index (χ4v) is 1.44. The number of nitrogens with zero attached hydrogens (tertiary/aromatic N) is 1. The van der Waals surface area contributed by atoms with Crippen molar-refractivity contribution < 1.29 is 17.9 Å². The summed E-state index contributed by atoms with van der Waals surface area (Å²) in [5, 5.41) is 0. The molecule has 0 aromatic heterocycles. The number of para-hydroxylation sites is 1. The maximum absolute atomic E-state index is 12.3. The summed E-state index contributed by atoms with van der Waals surface area (Å²) in [6.07, 6.45) is -4.16. The SMILES string of the molecule is CCc1cccc(N(C)C)c1OC(F)(F)F. The maximum atomic E-state index is 12.3. The Morgan fingerprint density at radius 1 is 1.25 bits per heavy atom. The molecule has 5 heteroatoms. The Morgan fingerprint density at radius 3 is 2.31 bits per heavy atom. The molecule has 16 heavy (non-hydrogen) atoms. The average Bonchev–Trinajstić information content (AvgIpc) is 2.15. The van der Waals surface area contributed by atoms with E-state index in [-0.39, 0.29) is 5.75 Å². The molecule has 0 saturated heterocycles. The molecular weight excluding hydrogens is 219 g/mol. The normalized spacial score (nSPS) is 11.4. The second-order valence-electron chi connectivity index (χ2n) is 3.56. The van der Waals surface area contributed by atoms with Crippen LogP contribution in [0.5, 0.6) is 5.75 Å². The molecule has 0 unspecified atom stereocenters. The van der Waals surface area contributed by atoms with Crippen molar-refractivity contribution in [1.82, 2.24) is 0 Å². The zero-order chi connectivity index (χ0) is 12.3. The first kappa shape index (κ1) is 12.7. The second kappa shape index (κ2) is 4.63. The molecule has 0 aliphatic heterocycles. The van der Waals surface area contributed by atoms with E-state index in [2.05, 4.69) is 4.74 Å². The summed E-state index contributed by atoms with van der Waals surface area (Å²) in [6, 6.07) is 4.95. The molecule has 0 bridgehead atoms. The number of aryl methyl sites for hydroxylation is 1. The lowest BCUT2D eigenvalue weighted by atomic mass is 10.1. The van der Waals surface area contributed by atoms with Gasteiger partial charge in [-0.1, -0.05) is 19.1 Å². The molecule has 0 spiro atoms. The van der Waals surface area contributed by atoms with Gasteiger partial charge in [-0.2, -0.15) is 0 Å². The molecule has 0 radical (unpaired) electrons. The van der Waals surface area contributed by atoms with Crippen LogP contribution in [0.3, 0.4) is 0 Å². The quantitative estimate of drug-likeness (QED) is 0.794. The topological polar surface area (TPSA) is 12.5 Å². The van der Waals surface area contributed by atoms with Crippen molar-refractivity contribution in [2.75, 3.05) is 19.0 Å². The molecule has 1 rings (SSSR count). The largest absolute Gasteiger partial charge is 0.573 e. The maximum Gasteiger partial charge on any atom is 0.573 e. The van der Waals surface area contributed by atoms with Crippen molar-refractivity contribution in [2.45, 2.75) is 19.7 Å². The highest BCUT2D eigenvalue weighted by Gasteiger charge is 2.33. The van der Waals surface area contributed by atoms with Crippen LogP contribution in [0.1, 0.15) is 12.5 Å². The number of alkyl halides is 3. The van der Waals surface area contributed by atoms with Gasteiger partial charge in [-0.15, -0.1) is 13.2 Å². The number of hydrogen-bond donors (Lipinski definition) is 0. The van der Waals surface area contributed by atoms with Gasteiger partial charge in [0.15, 0.2) is 5.75 Å².